The van der Waals surface area contributed by atoms with Crippen molar-refractivity contribution in [3.63, 3.8) is 0 Å². The highest BCUT2D eigenvalue weighted by Crippen LogP contribution is 2.52. The van der Waals surface area contributed by atoms with Crippen LogP contribution in [0.4, 0.5) is 5.82 Å². The quantitative estimate of drug-likeness (QED) is 0.125. The molecule has 1 aliphatic heterocycles. The monoisotopic (exact) mass is 658 g/mol. The molecule has 0 unspecified atom stereocenters. The summed E-state index contributed by atoms with van der Waals surface area (Å²) in [5.74, 6) is 1.05. The van der Waals surface area contributed by atoms with E-state index < -0.39 is 57.2 Å². The van der Waals surface area contributed by atoms with E-state index in [0.717, 1.165) is 38.5 Å². The average molecular weight is 659 g/mol. The zero-order valence-electron chi connectivity index (χ0n) is 23.7. The van der Waals surface area contributed by atoms with Crippen molar-refractivity contribution in [2.24, 2.45) is 5.92 Å². The molecule has 0 radical (unpaired) electrons. The maximum atomic E-state index is 12.8. The largest absolute Gasteiger partial charge is 0.387 e. The Labute approximate surface area is 256 Å². The lowest BCUT2D eigenvalue weighted by molar-refractivity contribution is -0.135. The van der Waals surface area contributed by atoms with E-state index in [2.05, 4.69) is 36.0 Å². The number of aliphatic hydroxyl groups excluding tert-OH is 2. The number of H-pyrrole nitrogens is 1. The van der Waals surface area contributed by atoms with E-state index in [9.17, 15) is 24.6 Å². The van der Waals surface area contributed by atoms with Crippen LogP contribution < -0.4 is 5.32 Å². The molecule has 19 heteroatoms. The van der Waals surface area contributed by atoms with Crippen molar-refractivity contribution in [1.29, 1.82) is 0 Å². The molecule has 4 heterocycles. The molecule has 6 N–H and O–H groups in total. The van der Waals surface area contributed by atoms with Crippen molar-refractivity contribution in [3.8, 4) is 0 Å². The lowest BCUT2D eigenvalue weighted by atomic mass is 10.1. The molecule has 5 atom stereocenters. The average Bonchev–Trinajstić information content (AvgIpc) is 3.37. The fourth-order valence-electron chi connectivity index (χ4n) is 5.54. The molecule has 44 heavy (non-hydrogen) atoms. The van der Waals surface area contributed by atoms with E-state index in [4.69, 9.17) is 30.5 Å². The molecule has 0 amide bonds. The number of fused-ring (bicyclic) bond motifs is 1. The topological polar surface area (TPSA) is 232 Å². The van der Waals surface area contributed by atoms with Crippen LogP contribution in [0.2, 0.25) is 5.28 Å². The number of nitrogens with zero attached hydrogens (tertiary/aromatic N) is 6. The smallest absolute Gasteiger partial charge is 0.361 e. The number of ether oxygens (including phenoxy) is 4. The van der Waals surface area contributed by atoms with Crippen LogP contribution in [0.1, 0.15) is 56.1 Å². The van der Waals surface area contributed by atoms with Crippen LogP contribution in [0.25, 0.3) is 5.52 Å². The van der Waals surface area contributed by atoms with Gasteiger partial charge in [0.15, 0.2) is 11.6 Å². The van der Waals surface area contributed by atoms with Crippen LogP contribution in [0, 0.1) is 5.92 Å². The molecule has 2 aliphatic carbocycles. The van der Waals surface area contributed by atoms with Gasteiger partial charge in [-0.3, -0.25) is 4.57 Å². The molecule has 242 valence electrons. The van der Waals surface area contributed by atoms with Crippen molar-refractivity contribution in [2.75, 3.05) is 31.7 Å². The first kappa shape index (κ1) is 31.7. The van der Waals surface area contributed by atoms with Gasteiger partial charge in [-0.25, -0.2) is 4.52 Å². The molecular weight excluding hydrogens is 623 g/mol. The molecular formula is C25H36ClN8O9P. The van der Waals surface area contributed by atoms with E-state index in [1.807, 2.05) is 0 Å². The van der Waals surface area contributed by atoms with Gasteiger partial charge in [0.25, 0.3) is 0 Å². The van der Waals surface area contributed by atoms with E-state index in [1.165, 1.54) is 4.52 Å². The molecule has 2 saturated carbocycles. The van der Waals surface area contributed by atoms with E-state index >= 15 is 0 Å². The number of aromatic amines is 1. The Morgan fingerprint density at radius 1 is 1.11 bits per heavy atom. The predicted molar refractivity (Wildman–Crippen MR) is 152 cm³/mol. The van der Waals surface area contributed by atoms with Gasteiger partial charge in [-0.2, -0.15) is 10.2 Å². The SMILES string of the molecule is O=P(O)(O)[C@](COCc1nn[nH]n1)(COCC1CC1)OC[C@H]1O[C@@H](c2ccc3c(NC4CCCC4)nc(Cl)nn23)[C@H](O)[C@@H]1O. The molecule has 3 fully saturated rings. The van der Waals surface area contributed by atoms with Crippen LogP contribution in [0.5, 0.6) is 0 Å². The molecule has 0 aromatic carbocycles. The number of tetrazole rings is 1. The first-order valence-corrected chi connectivity index (χ1v) is 16.5. The van der Waals surface area contributed by atoms with Crippen LogP contribution in [-0.4, -0.2) is 111 Å². The summed E-state index contributed by atoms with van der Waals surface area (Å²) in [5.41, 5.74) is 1.03. The Kier molecular flexibility index (Phi) is 9.50. The Morgan fingerprint density at radius 3 is 2.59 bits per heavy atom. The standard InChI is InChI=1S/C25H36ClN8O9P/c26-24-28-23(27-15-3-1-2-4-15)17-8-7-16(34(17)31-24)22-21(36)20(35)18(43-22)10-42-25(44(37,38)39,12-40-9-14-5-6-14)13-41-11-19-29-32-33-30-19/h7-8,14-15,18,20-22,35-36H,1-6,9-13H2,(H,27,28,31)(H2,37,38,39)(H,29,30,32,33)/t18-,20-,21-,22+,25+/m1/s1. The minimum atomic E-state index is -5.04. The van der Waals surface area contributed by atoms with Crippen molar-refractivity contribution in [3.05, 3.63) is 28.9 Å². The maximum absolute atomic E-state index is 12.8. The van der Waals surface area contributed by atoms with Crippen LogP contribution >= 0.6 is 19.2 Å². The summed E-state index contributed by atoms with van der Waals surface area (Å²) in [6, 6.07) is 3.73. The zero-order valence-corrected chi connectivity index (χ0v) is 25.4. The first-order valence-electron chi connectivity index (χ1n) is 14.5. The second kappa shape index (κ2) is 13.2. The summed E-state index contributed by atoms with van der Waals surface area (Å²) >= 11 is 6.25. The number of nitrogens with one attached hydrogen (secondary N) is 2. The van der Waals surface area contributed by atoms with Crippen LogP contribution in [0.15, 0.2) is 12.1 Å². The first-order chi connectivity index (χ1) is 21.1. The Bertz CT molecular complexity index is 1450. The number of rotatable bonds is 15. The molecule has 17 nitrogen and oxygen atoms in total. The van der Waals surface area contributed by atoms with Gasteiger partial charge in [0.2, 0.25) is 10.6 Å². The molecule has 3 aliphatic rings. The van der Waals surface area contributed by atoms with Gasteiger partial charge in [0, 0.05) is 12.6 Å². The third-order valence-corrected chi connectivity index (χ3v) is 9.85. The lowest BCUT2D eigenvalue weighted by Gasteiger charge is -2.34. The number of anilines is 1. The Hall–Kier alpha value is -2.31. The van der Waals surface area contributed by atoms with E-state index in [-0.39, 0.29) is 23.8 Å². The van der Waals surface area contributed by atoms with Gasteiger partial charge in [0.05, 0.1) is 25.5 Å². The number of aromatic nitrogens is 7. The highest BCUT2D eigenvalue weighted by molar-refractivity contribution is 7.53. The maximum Gasteiger partial charge on any atom is 0.361 e. The number of hydrogen-bond acceptors (Lipinski definition) is 13. The van der Waals surface area contributed by atoms with Gasteiger partial charge < -0.3 is 44.3 Å². The van der Waals surface area contributed by atoms with E-state index in [1.54, 1.807) is 12.1 Å². The van der Waals surface area contributed by atoms with Gasteiger partial charge in [-0.1, -0.05) is 18.1 Å². The highest BCUT2D eigenvalue weighted by atomic mass is 35.5. The minimum Gasteiger partial charge on any atom is -0.387 e. The second-order valence-corrected chi connectivity index (χ2v) is 13.8. The summed E-state index contributed by atoms with van der Waals surface area (Å²) < 4.78 is 37.4. The Balaban J connectivity index is 1.18. The predicted octanol–water partition coefficient (Wildman–Crippen LogP) is 0.946. The fourth-order valence-corrected chi connectivity index (χ4v) is 6.46. The summed E-state index contributed by atoms with van der Waals surface area (Å²) in [4.78, 5) is 25.2. The molecule has 6 rings (SSSR count). The second-order valence-electron chi connectivity index (χ2n) is 11.6. The van der Waals surface area contributed by atoms with E-state index in [0.29, 0.717) is 29.6 Å². The van der Waals surface area contributed by atoms with Crippen LogP contribution in [-0.2, 0) is 30.1 Å². The normalized spacial score (nSPS) is 26.0. The van der Waals surface area contributed by atoms with Gasteiger partial charge in [-0.05, 0) is 55.3 Å². The summed E-state index contributed by atoms with van der Waals surface area (Å²) in [5, 5.41) is 40.7. The van der Waals surface area contributed by atoms with Crippen LogP contribution in [0.3, 0.4) is 0 Å². The number of aliphatic hydroxyl groups is 2. The minimum absolute atomic E-state index is 0.0122. The summed E-state index contributed by atoms with van der Waals surface area (Å²) in [7, 11) is -5.04. The fraction of sp³-hybridized carbons (Fsp3) is 0.720. The Morgan fingerprint density at radius 2 is 1.89 bits per heavy atom. The molecule has 1 saturated heterocycles. The zero-order chi connectivity index (χ0) is 30.9. The molecule has 0 spiro atoms. The third-order valence-electron chi connectivity index (χ3n) is 8.24. The molecule has 0 bridgehead atoms. The highest BCUT2D eigenvalue weighted by Gasteiger charge is 2.52. The van der Waals surface area contributed by atoms with Gasteiger partial charge in [0.1, 0.15) is 36.5 Å². The van der Waals surface area contributed by atoms with Gasteiger partial charge >= 0.3 is 7.60 Å². The molecule has 3 aromatic heterocycles. The van der Waals surface area contributed by atoms with Crippen molar-refractivity contribution >= 4 is 30.5 Å². The molecule has 3 aromatic rings. The number of hydrogen-bond donors (Lipinski definition) is 6. The van der Waals surface area contributed by atoms with Crippen molar-refractivity contribution in [2.45, 2.75) is 80.9 Å². The lowest BCUT2D eigenvalue weighted by Crippen LogP contribution is -2.46. The van der Waals surface area contributed by atoms with Crippen molar-refractivity contribution in [1.82, 2.24) is 35.2 Å². The number of halogens is 1. The summed E-state index contributed by atoms with van der Waals surface area (Å²) in [6.07, 6.45) is 1.15. The van der Waals surface area contributed by atoms with Gasteiger partial charge in [-0.15, -0.1) is 15.3 Å². The summed E-state index contributed by atoms with van der Waals surface area (Å²) in [6.45, 7) is -1.45. The third kappa shape index (κ3) is 6.92. The van der Waals surface area contributed by atoms with Crippen molar-refractivity contribution < 1.29 is 43.5 Å².